The van der Waals surface area contributed by atoms with Gasteiger partial charge in [-0.05, 0) is 79.0 Å². The fourth-order valence-electron chi connectivity index (χ4n) is 5.74. The van der Waals surface area contributed by atoms with Crippen molar-refractivity contribution in [2.24, 2.45) is 0 Å². The minimum Gasteiger partial charge on any atom is -0.493 e. The van der Waals surface area contributed by atoms with E-state index in [1.807, 2.05) is 12.1 Å². The maximum atomic E-state index is 14.1. The minimum atomic E-state index is -0.401. The van der Waals surface area contributed by atoms with Gasteiger partial charge < -0.3 is 14.4 Å². The fourth-order valence-corrected chi connectivity index (χ4v) is 6.52. The third kappa shape index (κ3) is 4.35. The predicted molar refractivity (Wildman–Crippen MR) is 143 cm³/mol. The number of nitrogens with zero attached hydrogens (tertiary/aromatic N) is 1. The van der Waals surface area contributed by atoms with Gasteiger partial charge >= 0.3 is 0 Å². The monoisotopic (exact) mass is 601 g/mol. The molecule has 0 saturated heterocycles. The van der Waals surface area contributed by atoms with Gasteiger partial charge in [0.05, 0.1) is 10.7 Å². The van der Waals surface area contributed by atoms with Crippen LogP contribution in [0.5, 0.6) is 11.5 Å². The Morgan fingerprint density at radius 2 is 1.64 bits per heavy atom. The van der Waals surface area contributed by atoms with E-state index in [1.54, 1.807) is 25.3 Å². The molecule has 0 unspecified atom stereocenters. The molecule has 0 amide bonds. The highest BCUT2D eigenvalue weighted by atomic mass is 127. The summed E-state index contributed by atoms with van der Waals surface area (Å²) in [6, 6.07) is 10.4. The van der Waals surface area contributed by atoms with Crippen LogP contribution in [0.2, 0.25) is 0 Å². The highest BCUT2D eigenvalue weighted by molar-refractivity contribution is 14.1. The second-order valence-corrected chi connectivity index (χ2v) is 10.5. The average molecular weight is 601 g/mol. The highest BCUT2D eigenvalue weighted by Gasteiger charge is 2.43. The van der Waals surface area contributed by atoms with Gasteiger partial charge in [0.15, 0.2) is 23.1 Å². The van der Waals surface area contributed by atoms with E-state index < -0.39 is 5.92 Å². The van der Waals surface area contributed by atoms with Crippen LogP contribution in [0, 0.1) is 9.39 Å². The van der Waals surface area contributed by atoms with Crippen molar-refractivity contribution >= 4 is 34.2 Å². The number of Topliss-reactive ketones (excluding diaryl/α,β-unsaturated/α-hetero) is 2. The van der Waals surface area contributed by atoms with E-state index in [0.29, 0.717) is 29.9 Å². The summed E-state index contributed by atoms with van der Waals surface area (Å²) in [7, 11) is 1.57. The molecule has 188 valence electrons. The van der Waals surface area contributed by atoms with Gasteiger partial charge in [0, 0.05) is 53.4 Å². The number of carbonyl (C=O) groups excluding carboxylic acids is 2. The fraction of sp³-hybridized carbons (Fsp3) is 0.379. The van der Waals surface area contributed by atoms with Crippen LogP contribution in [-0.4, -0.2) is 30.1 Å². The van der Waals surface area contributed by atoms with E-state index in [0.717, 1.165) is 63.9 Å². The number of ether oxygens (including phenoxy) is 2. The molecule has 36 heavy (non-hydrogen) atoms. The smallest absolute Gasteiger partial charge is 0.174 e. The summed E-state index contributed by atoms with van der Waals surface area (Å²) in [5.74, 6) is 0.543. The number of allylic oxidation sites excluding steroid dienone is 4. The first kappa shape index (κ1) is 25.0. The molecular formula is C29H29FINO4. The number of benzene rings is 2. The molecule has 0 spiro atoms. The lowest BCUT2D eigenvalue weighted by molar-refractivity contribution is -0.117. The van der Waals surface area contributed by atoms with Gasteiger partial charge in [-0.15, -0.1) is 0 Å². The molecule has 0 atom stereocenters. The van der Waals surface area contributed by atoms with Gasteiger partial charge in [-0.1, -0.05) is 18.2 Å². The minimum absolute atomic E-state index is 0.0643. The second-order valence-electron chi connectivity index (χ2n) is 9.37. The molecule has 0 saturated carbocycles. The van der Waals surface area contributed by atoms with Gasteiger partial charge in [0.1, 0.15) is 12.4 Å². The predicted octanol–water partition coefficient (Wildman–Crippen LogP) is 6.45. The zero-order valence-corrected chi connectivity index (χ0v) is 22.7. The van der Waals surface area contributed by atoms with Gasteiger partial charge in [-0.25, -0.2) is 4.39 Å². The van der Waals surface area contributed by atoms with Crippen molar-refractivity contribution in [2.45, 2.75) is 58.0 Å². The number of methoxy groups -OCH3 is 1. The van der Waals surface area contributed by atoms with Crippen molar-refractivity contribution < 1.29 is 23.5 Å². The molecule has 2 aromatic carbocycles. The number of ketones is 2. The van der Waals surface area contributed by atoms with E-state index in [4.69, 9.17) is 9.47 Å². The number of hydrogen-bond donors (Lipinski definition) is 0. The first-order chi connectivity index (χ1) is 17.4. The Hall–Kier alpha value is -2.68. The average Bonchev–Trinajstić information content (AvgIpc) is 2.87. The molecule has 0 bridgehead atoms. The Morgan fingerprint density at radius 1 is 1.00 bits per heavy atom. The Labute approximate surface area is 224 Å². The second kappa shape index (κ2) is 10.4. The number of hydrogen-bond acceptors (Lipinski definition) is 5. The van der Waals surface area contributed by atoms with E-state index in [9.17, 15) is 14.0 Å². The lowest BCUT2D eigenvalue weighted by atomic mass is 9.71. The highest BCUT2D eigenvalue weighted by Crippen LogP contribution is 2.50. The number of rotatable bonds is 6. The third-order valence-corrected chi connectivity index (χ3v) is 8.12. The molecule has 1 aliphatic heterocycles. The van der Waals surface area contributed by atoms with Crippen LogP contribution in [0.3, 0.4) is 0 Å². The van der Waals surface area contributed by atoms with Crippen molar-refractivity contribution in [3.8, 4) is 11.5 Å². The summed E-state index contributed by atoms with van der Waals surface area (Å²) in [5.41, 5.74) is 4.97. The van der Waals surface area contributed by atoms with Crippen LogP contribution >= 0.6 is 22.6 Å². The van der Waals surface area contributed by atoms with Crippen LogP contribution in [0.25, 0.3) is 0 Å². The first-order valence-corrected chi connectivity index (χ1v) is 13.6. The van der Waals surface area contributed by atoms with Crippen LogP contribution in [0.1, 0.15) is 62.5 Å². The van der Waals surface area contributed by atoms with E-state index in [2.05, 4.69) is 34.4 Å². The lowest BCUT2D eigenvalue weighted by Crippen LogP contribution is -2.39. The van der Waals surface area contributed by atoms with Gasteiger partial charge in [-0.3, -0.25) is 9.59 Å². The Kier molecular flexibility index (Phi) is 7.19. The zero-order valence-electron chi connectivity index (χ0n) is 20.5. The lowest BCUT2D eigenvalue weighted by Gasteiger charge is -2.43. The quantitative estimate of drug-likeness (QED) is 0.357. The van der Waals surface area contributed by atoms with Crippen molar-refractivity contribution in [1.82, 2.24) is 4.90 Å². The molecule has 7 heteroatoms. The van der Waals surface area contributed by atoms with Crippen molar-refractivity contribution in [1.29, 1.82) is 0 Å². The molecular weight excluding hydrogens is 572 g/mol. The topological polar surface area (TPSA) is 55.8 Å². The van der Waals surface area contributed by atoms with E-state index in [1.165, 1.54) is 6.07 Å². The van der Waals surface area contributed by atoms with Crippen LogP contribution in [0.4, 0.5) is 4.39 Å². The summed E-state index contributed by atoms with van der Waals surface area (Å²) >= 11 is 2.19. The molecule has 3 aliphatic rings. The molecule has 2 aliphatic carbocycles. The summed E-state index contributed by atoms with van der Waals surface area (Å²) in [6.07, 6.45) is 4.36. The largest absolute Gasteiger partial charge is 0.493 e. The van der Waals surface area contributed by atoms with Crippen molar-refractivity contribution in [3.63, 3.8) is 0 Å². The first-order valence-electron chi connectivity index (χ1n) is 12.5. The van der Waals surface area contributed by atoms with Gasteiger partial charge in [0.25, 0.3) is 0 Å². The maximum absolute atomic E-state index is 14.1. The molecule has 0 radical (unpaired) electrons. The molecule has 2 aromatic rings. The van der Waals surface area contributed by atoms with Crippen molar-refractivity contribution in [2.75, 3.05) is 13.7 Å². The molecule has 0 fully saturated rings. The Balaban J connectivity index is 1.60. The van der Waals surface area contributed by atoms with Gasteiger partial charge in [0.2, 0.25) is 0 Å². The Morgan fingerprint density at radius 3 is 2.22 bits per heavy atom. The summed E-state index contributed by atoms with van der Waals surface area (Å²) < 4.78 is 26.7. The van der Waals surface area contributed by atoms with Gasteiger partial charge in [-0.2, -0.15) is 0 Å². The van der Waals surface area contributed by atoms with Crippen molar-refractivity contribution in [3.05, 3.63) is 79.5 Å². The van der Waals surface area contributed by atoms with Crippen LogP contribution in [0.15, 0.2) is 58.9 Å². The summed E-state index contributed by atoms with van der Waals surface area (Å²) in [4.78, 5) is 28.9. The molecule has 1 heterocycles. The zero-order chi connectivity index (χ0) is 25.4. The molecule has 0 aromatic heterocycles. The third-order valence-electron chi connectivity index (χ3n) is 7.32. The summed E-state index contributed by atoms with van der Waals surface area (Å²) in [6.45, 7) is 2.89. The SMILES string of the molecule is CCN1C2=C(C(=O)CCC2)C(c2cc(I)c(OCc3ccccc3F)c(OC)c2)C2=C1CCCC2=O. The normalized spacial score (nSPS) is 18.4. The number of carbonyl (C=O) groups is 2. The molecule has 5 rings (SSSR count). The summed E-state index contributed by atoms with van der Waals surface area (Å²) in [5, 5.41) is 0. The molecule has 5 nitrogen and oxygen atoms in total. The van der Waals surface area contributed by atoms with E-state index in [-0.39, 0.29) is 24.0 Å². The standard InChI is InChI=1S/C29H29FINO4/c1-3-32-21-10-6-12-23(33)27(21)26(28-22(32)11-7-13-24(28)34)18-14-20(31)29(25(15-18)35-2)36-16-17-8-4-5-9-19(17)30/h4-5,8-9,14-15,26H,3,6-7,10-13,16H2,1-2H3. The van der Waals surface area contributed by atoms with Crippen LogP contribution in [-0.2, 0) is 16.2 Å². The maximum Gasteiger partial charge on any atom is 0.174 e. The Bertz CT molecular complexity index is 1250. The van der Waals surface area contributed by atoms with Crippen LogP contribution < -0.4 is 9.47 Å². The molecule has 0 N–H and O–H groups in total. The number of halogens is 2. The van der Waals surface area contributed by atoms with E-state index >= 15 is 0 Å².